The molecule has 0 bridgehead atoms. The molecule has 0 aliphatic carbocycles. The minimum absolute atomic E-state index is 0.0881. The molecular weight excluding hydrogens is 280 g/mol. The molecule has 0 amide bonds. The largest absolute Gasteiger partial charge is 0.478 e. The van der Waals surface area contributed by atoms with E-state index in [1.807, 2.05) is 4.40 Å². The molecule has 0 spiro atoms. The number of hydrogen-bond donors (Lipinski definition) is 2. The Labute approximate surface area is 126 Å². The van der Waals surface area contributed by atoms with Crippen molar-refractivity contribution in [2.75, 3.05) is 0 Å². The summed E-state index contributed by atoms with van der Waals surface area (Å²) in [6, 6.07) is 13.9. The van der Waals surface area contributed by atoms with Crippen molar-refractivity contribution in [1.82, 2.24) is 4.40 Å². The van der Waals surface area contributed by atoms with Crippen LogP contribution >= 0.6 is 0 Å². The first-order valence-corrected chi connectivity index (χ1v) is 6.62. The normalized spacial score (nSPS) is 10.5. The van der Waals surface area contributed by atoms with Gasteiger partial charge >= 0.3 is 5.97 Å². The van der Waals surface area contributed by atoms with Gasteiger partial charge in [0.1, 0.15) is 6.07 Å². The molecule has 0 unspecified atom stereocenters. The molecule has 22 heavy (non-hydrogen) atoms. The van der Waals surface area contributed by atoms with Crippen LogP contribution < -0.4 is 0 Å². The lowest BCUT2D eigenvalue weighted by molar-refractivity contribution is 0.0697. The van der Waals surface area contributed by atoms with Gasteiger partial charge in [-0.3, -0.25) is 0 Å². The van der Waals surface area contributed by atoms with Gasteiger partial charge in [0.15, 0.2) is 0 Å². The topological polar surface area (TPSA) is 85.7 Å². The highest BCUT2D eigenvalue weighted by molar-refractivity contribution is 5.88. The van der Waals surface area contributed by atoms with Crippen LogP contribution in [-0.4, -0.2) is 20.6 Å². The molecule has 0 aliphatic rings. The van der Waals surface area contributed by atoms with E-state index in [1.54, 1.807) is 36.5 Å². The molecule has 2 aromatic heterocycles. The van der Waals surface area contributed by atoms with E-state index in [2.05, 4.69) is 6.07 Å². The highest BCUT2D eigenvalue weighted by Gasteiger charge is 2.12. The van der Waals surface area contributed by atoms with E-state index in [4.69, 9.17) is 5.11 Å². The van der Waals surface area contributed by atoms with E-state index >= 15 is 0 Å². The lowest BCUT2D eigenvalue weighted by atomic mass is 10.1. The van der Waals surface area contributed by atoms with Crippen LogP contribution in [0.3, 0.4) is 0 Å². The summed E-state index contributed by atoms with van der Waals surface area (Å²) >= 11 is 0. The summed E-state index contributed by atoms with van der Waals surface area (Å²) in [5, 5.41) is 27.4. The Morgan fingerprint density at radius 2 is 1.91 bits per heavy atom. The van der Waals surface area contributed by atoms with E-state index in [0.29, 0.717) is 11.1 Å². The molecule has 0 radical (unpaired) electrons. The Morgan fingerprint density at radius 1 is 1.18 bits per heavy atom. The van der Waals surface area contributed by atoms with Crippen LogP contribution in [-0.2, 0) is 6.61 Å². The van der Waals surface area contributed by atoms with Gasteiger partial charge in [0.2, 0.25) is 0 Å². The van der Waals surface area contributed by atoms with Crippen molar-refractivity contribution in [2.45, 2.75) is 6.61 Å². The Bertz CT molecular complexity index is 902. The number of aromatic nitrogens is 1. The zero-order chi connectivity index (χ0) is 15.7. The predicted octanol–water partition coefficient (Wildman–Crippen LogP) is 2.67. The summed E-state index contributed by atoms with van der Waals surface area (Å²) in [6.45, 7) is -0.0881. The number of benzene rings is 1. The van der Waals surface area contributed by atoms with Gasteiger partial charge in [-0.25, -0.2) is 4.79 Å². The summed E-state index contributed by atoms with van der Waals surface area (Å²) in [7, 11) is 0. The van der Waals surface area contributed by atoms with Crippen molar-refractivity contribution in [3.8, 4) is 17.3 Å². The minimum Gasteiger partial charge on any atom is -0.478 e. The molecular formula is C17H12N2O3. The number of aliphatic hydroxyl groups excluding tert-OH is 1. The standard InChI is InChI=1S/C17H12N2O3/c18-9-14-8-16(12-1-3-13(4-2-12)17(21)22)19-6-5-11(10-20)7-15(14)19/h1-8,20H,10H2,(H,21,22). The average Bonchev–Trinajstić information content (AvgIpc) is 2.92. The number of nitrogens with zero attached hydrogens (tertiary/aromatic N) is 2. The third-order valence-electron chi connectivity index (χ3n) is 3.57. The lowest BCUT2D eigenvalue weighted by Crippen LogP contribution is -1.95. The number of rotatable bonds is 3. The van der Waals surface area contributed by atoms with Gasteiger partial charge in [-0.05, 0) is 41.5 Å². The van der Waals surface area contributed by atoms with E-state index in [0.717, 1.165) is 16.8 Å². The highest BCUT2D eigenvalue weighted by atomic mass is 16.4. The number of carbonyl (C=O) groups is 1. The predicted molar refractivity (Wildman–Crippen MR) is 80.4 cm³/mol. The Hall–Kier alpha value is -3.10. The summed E-state index contributed by atoms with van der Waals surface area (Å²) in [5.74, 6) is -0.975. The lowest BCUT2D eigenvalue weighted by Gasteiger charge is -2.05. The average molecular weight is 292 g/mol. The first-order chi connectivity index (χ1) is 10.6. The minimum atomic E-state index is -0.975. The van der Waals surface area contributed by atoms with Crippen molar-refractivity contribution >= 4 is 11.5 Å². The fourth-order valence-corrected chi connectivity index (χ4v) is 2.44. The number of aromatic carboxylic acids is 1. The van der Waals surface area contributed by atoms with Gasteiger partial charge in [-0.15, -0.1) is 0 Å². The van der Waals surface area contributed by atoms with E-state index in [-0.39, 0.29) is 12.2 Å². The number of pyridine rings is 1. The van der Waals surface area contributed by atoms with Crippen LogP contribution in [0.25, 0.3) is 16.8 Å². The molecule has 1 aromatic carbocycles. The second-order valence-corrected chi connectivity index (χ2v) is 4.89. The van der Waals surface area contributed by atoms with Gasteiger partial charge < -0.3 is 14.6 Å². The third-order valence-corrected chi connectivity index (χ3v) is 3.57. The van der Waals surface area contributed by atoms with Gasteiger partial charge in [-0.1, -0.05) is 12.1 Å². The molecule has 0 atom stereocenters. The Morgan fingerprint density at radius 3 is 2.50 bits per heavy atom. The maximum Gasteiger partial charge on any atom is 0.335 e. The van der Waals surface area contributed by atoms with Gasteiger partial charge in [0, 0.05) is 6.20 Å². The van der Waals surface area contributed by atoms with Crippen LogP contribution in [0.1, 0.15) is 21.5 Å². The SMILES string of the molecule is N#Cc1cc(-c2ccc(C(=O)O)cc2)n2ccc(CO)cc12. The summed E-state index contributed by atoms with van der Waals surface area (Å²) < 4.78 is 1.85. The van der Waals surface area contributed by atoms with E-state index in [9.17, 15) is 15.2 Å². The quantitative estimate of drug-likeness (QED) is 0.777. The smallest absolute Gasteiger partial charge is 0.335 e. The number of carboxylic acids is 1. The van der Waals surface area contributed by atoms with Crippen molar-refractivity contribution < 1.29 is 15.0 Å². The molecule has 0 fully saturated rings. The van der Waals surface area contributed by atoms with Crippen molar-refractivity contribution in [2.24, 2.45) is 0 Å². The number of nitriles is 1. The van der Waals surface area contributed by atoms with Crippen molar-refractivity contribution in [1.29, 1.82) is 5.26 Å². The molecule has 5 heteroatoms. The zero-order valence-electron chi connectivity index (χ0n) is 11.5. The maximum atomic E-state index is 10.9. The molecule has 3 aromatic rings. The monoisotopic (exact) mass is 292 g/mol. The molecule has 2 N–H and O–H groups in total. The first kappa shape index (κ1) is 13.9. The number of hydrogen-bond acceptors (Lipinski definition) is 3. The summed E-state index contributed by atoms with van der Waals surface area (Å²) in [5.41, 5.74) is 3.78. The van der Waals surface area contributed by atoms with Gasteiger partial charge in [-0.2, -0.15) is 5.26 Å². The zero-order valence-corrected chi connectivity index (χ0v) is 11.5. The second-order valence-electron chi connectivity index (χ2n) is 4.89. The number of aliphatic hydroxyl groups is 1. The third kappa shape index (κ3) is 2.22. The van der Waals surface area contributed by atoms with Crippen LogP contribution in [0, 0.1) is 11.3 Å². The Kier molecular flexibility index (Phi) is 3.37. The molecule has 108 valence electrons. The van der Waals surface area contributed by atoms with Gasteiger partial charge in [0.05, 0.1) is 28.9 Å². The molecule has 0 saturated carbocycles. The summed E-state index contributed by atoms with van der Waals surface area (Å²) in [4.78, 5) is 10.9. The number of fused-ring (bicyclic) bond motifs is 1. The molecule has 3 rings (SSSR count). The van der Waals surface area contributed by atoms with Crippen LogP contribution in [0.2, 0.25) is 0 Å². The molecule has 0 aliphatic heterocycles. The van der Waals surface area contributed by atoms with E-state index < -0.39 is 5.97 Å². The van der Waals surface area contributed by atoms with Crippen LogP contribution in [0.4, 0.5) is 0 Å². The van der Waals surface area contributed by atoms with Crippen molar-refractivity contribution in [3.05, 3.63) is 65.4 Å². The Balaban J connectivity index is 2.19. The fraction of sp³-hybridized carbons (Fsp3) is 0.0588. The van der Waals surface area contributed by atoms with Crippen LogP contribution in [0.15, 0.2) is 48.7 Å². The maximum absolute atomic E-state index is 10.9. The molecule has 2 heterocycles. The second kappa shape index (κ2) is 5.35. The summed E-state index contributed by atoms with van der Waals surface area (Å²) in [6.07, 6.45) is 1.79. The van der Waals surface area contributed by atoms with Crippen molar-refractivity contribution in [3.63, 3.8) is 0 Å². The molecule has 0 saturated heterocycles. The van der Waals surface area contributed by atoms with E-state index in [1.165, 1.54) is 12.1 Å². The number of carboxylic acid groups (broad SMARTS) is 1. The highest BCUT2D eigenvalue weighted by Crippen LogP contribution is 2.27. The van der Waals surface area contributed by atoms with Gasteiger partial charge in [0.25, 0.3) is 0 Å². The molecule has 5 nitrogen and oxygen atoms in total. The van der Waals surface area contributed by atoms with Crippen LogP contribution in [0.5, 0.6) is 0 Å². The first-order valence-electron chi connectivity index (χ1n) is 6.62. The fourth-order valence-electron chi connectivity index (χ4n) is 2.44.